The topological polar surface area (TPSA) is 29.0 Å². The Bertz CT molecular complexity index is 453. The lowest BCUT2D eigenvalue weighted by atomic mass is 9.82. The van der Waals surface area contributed by atoms with Gasteiger partial charge in [0, 0.05) is 31.9 Å². The molecule has 0 atom stereocenters. The van der Waals surface area contributed by atoms with Gasteiger partial charge < -0.3 is 4.90 Å². The summed E-state index contributed by atoms with van der Waals surface area (Å²) in [5.74, 6) is 8.51. The van der Waals surface area contributed by atoms with Crippen molar-refractivity contribution in [1.29, 1.82) is 0 Å². The molecule has 2 rings (SSSR count). The Morgan fingerprint density at radius 3 is 2.47 bits per heavy atom. The van der Waals surface area contributed by atoms with Crippen LogP contribution in [0.5, 0.6) is 0 Å². The summed E-state index contributed by atoms with van der Waals surface area (Å²) < 4.78 is 0.920. The van der Waals surface area contributed by atoms with Gasteiger partial charge in [0.05, 0.1) is 4.47 Å². The van der Waals surface area contributed by atoms with Crippen LogP contribution in [-0.2, 0) is 0 Å². The minimum atomic E-state index is 0.621. The second kappa shape index (κ2) is 6.91. The smallest absolute Gasteiger partial charge is 0.225 e. The molecule has 0 unspecified atom stereocenters. The highest BCUT2D eigenvalue weighted by Gasteiger charge is 2.21. The summed E-state index contributed by atoms with van der Waals surface area (Å²) in [5.41, 5.74) is 0. The maximum Gasteiger partial charge on any atom is 0.225 e. The van der Waals surface area contributed by atoms with Crippen molar-refractivity contribution in [3.05, 3.63) is 16.9 Å². The molecule has 1 aliphatic carbocycles. The summed E-state index contributed by atoms with van der Waals surface area (Å²) in [7, 11) is 2.07. The molecule has 1 aromatic rings. The molecular formula is C15H20BrN3. The van der Waals surface area contributed by atoms with E-state index in [0.29, 0.717) is 5.92 Å². The first kappa shape index (κ1) is 14.3. The monoisotopic (exact) mass is 321 g/mol. The summed E-state index contributed by atoms with van der Waals surface area (Å²) in [6, 6.07) is 0. The molecule has 0 saturated heterocycles. The maximum atomic E-state index is 4.33. The number of hydrogen-bond donors (Lipinski definition) is 0. The van der Waals surface area contributed by atoms with Crippen molar-refractivity contribution in [3.63, 3.8) is 0 Å². The number of halogens is 1. The average Bonchev–Trinajstić information content (AvgIpc) is 2.42. The molecule has 1 heterocycles. The Hall–Kier alpha value is -1.08. The van der Waals surface area contributed by atoms with Gasteiger partial charge in [-0.1, -0.05) is 0 Å². The summed E-state index contributed by atoms with van der Waals surface area (Å²) in [6.07, 6.45) is 8.60. The van der Waals surface area contributed by atoms with Gasteiger partial charge in [-0.25, -0.2) is 9.97 Å². The van der Waals surface area contributed by atoms with E-state index in [0.717, 1.165) is 22.9 Å². The molecule has 0 aliphatic heterocycles. The van der Waals surface area contributed by atoms with E-state index in [1.807, 2.05) is 6.92 Å². The van der Waals surface area contributed by atoms with Gasteiger partial charge in [0.15, 0.2) is 0 Å². The summed E-state index contributed by atoms with van der Waals surface area (Å²) in [5, 5.41) is 0. The summed E-state index contributed by atoms with van der Waals surface area (Å²) in [4.78, 5) is 10.8. The van der Waals surface area contributed by atoms with Crippen molar-refractivity contribution in [3.8, 4) is 11.8 Å². The molecule has 0 bridgehead atoms. The SMILES string of the molecule is CC#CC1CCC(CN(C)c2ncc(Br)cn2)CC1. The predicted octanol–water partition coefficient (Wildman–Crippen LogP) is 3.51. The number of rotatable bonds is 3. The highest BCUT2D eigenvalue weighted by atomic mass is 79.9. The Kier molecular flexibility index (Phi) is 5.21. The molecule has 1 aliphatic rings. The molecule has 1 saturated carbocycles. The lowest BCUT2D eigenvalue weighted by molar-refractivity contribution is 0.319. The largest absolute Gasteiger partial charge is 0.344 e. The number of anilines is 1. The number of nitrogens with zero attached hydrogens (tertiary/aromatic N) is 3. The third-order valence-corrected chi connectivity index (χ3v) is 4.08. The first-order valence-corrected chi connectivity index (χ1v) is 7.59. The van der Waals surface area contributed by atoms with E-state index >= 15 is 0 Å². The second-order valence-electron chi connectivity index (χ2n) is 5.19. The van der Waals surface area contributed by atoms with Gasteiger partial charge >= 0.3 is 0 Å². The van der Waals surface area contributed by atoms with Crippen LogP contribution in [0.3, 0.4) is 0 Å². The molecular weight excluding hydrogens is 302 g/mol. The van der Waals surface area contributed by atoms with Crippen LogP contribution in [-0.4, -0.2) is 23.6 Å². The van der Waals surface area contributed by atoms with Gasteiger partial charge in [-0.05, 0) is 54.5 Å². The van der Waals surface area contributed by atoms with Crippen LogP contribution in [0.4, 0.5) is 5.95 Å². The minimum absolute atomic E-state index is 0.621. The van der Waals surface area contributed by atoms with Crippen LogP contribution in [0.2, 0.25) is 0 Å². The number of hydrogen-bond acceptors (Lipinski definition) is 3. The molecule has 1 aromatic heterocycles. The first-order chi connectivity index (χ1) is 9.19. The third kappa shape index (κ3) is 4.21. The lowest BCUT2D eigenvalue weighted by Gasteiger charge is -2.29. The zero-order valence-corrected chi connectivity index (χ0v) is 13.2. The molecule has 3 nitrogen and oxygen atoms in total. The summed E-state index contributed by atoms with van der Waals surface area (Å²) >= 11 is 3.36. The highest BCUT2D eigenvalue weighted by molar-refractivity contribution is 9.10. The van der Waals surface area contributed by atoms with Crippen LogP contribution >= 0.6 is 15.9 Å². The second-order valence-corrected chi connectivity index (χ2v) is 6.11. The molecule has 0 N–H and O–H groups in total. The quantitative estimate of drug-likeness (QED) is 0.798. The molecule has 0 amide bonds. The fraction of sp³-hybridized carbons (Fsp3) is 0.600. The van der Waals surface area contributed by atoms with Crippen molar-refractivity contribution in [2.24, 2.45) is 11.8 Å². The van der Waals surface area contributed by atoms with Gasteiger partial charge in [0.25, 0.3) is 0 Å². The molecule has 102 valence electrons. The van der Waals surface area contributed by atoms with Crippen LogP contribution in [0.25, 0.3) is 0 Å². The molecule has 0 spiro atoms. The molecule has 4 heteroatoms. The molecule has 0 aromatic carbocycles. The zero-order valence-electron chi connectivity index (χ0n) is 11.6. The lowest BCUT2D eigenvalue weighted by Crippen LogP contribution is -2.29. The van der Waals surface area contributed by atoms with Crippen LogP contribution in [0, 0.1) is 23.7 Å². The Labute approximate surface area is 124 Å². The minimum Gasteiger partial charge on any atom is -0.344 e. The van der Waals surface area contributed by atoms with Gasteiger partial charge in [-0.3, -0.25) is 0 Å². The standard InChI is InChI=1S/C15H20BrN3/c1-3-4-12-5-7-13(8-6-12)11-19(2)15-17-9-14(16)10-18-15/h9-10,12-13H,5-8,11H2,1-2H3. The average molecular weight is 322 g/mol. The van der Waals surface area contributed by atoms with E-state index in [-0.39, 0.29) is 0 Å². The van der Waals surface area contributed by atoms with Crippen molar-refractivity contribution in [2.75, 3.05) is 18.5 Å². The highest BCUT2D eigenvalue weighted by Crippen LogP contribution is 2.29. The van der Waals surface area contributed by atoms with E-state index in [2.05, 4.69) is 49.7 Å². The van der Waals surface area contributed by atoms with E-state index in [9.17, 15) is 0 Å². The Morgan fingerprint density at radius 2 is 1.89 bits per heavy atom. The van der Waals surface area contributed by atoms with E-state index in [4.69, 9.17) is 0 Å². The van der Waals surface area contributed by atoms with Gasteiger partial charge in [0.1, 0.15) is 0 Å². The van der Waals surface area contributed by atoms with Crippen molar-refractivity contribution >= 4 is 21.9 Å². The number of aromatic nitrogens is 2. The Morgan fingerprint density at radius 1 is 1.26 bits per heavy atom. The van der Waals surface area contributed by atoms with E-state index in [1.54, 1.807) is 12.4 Å². The Balaban J connectivity index is 1.84. The van der Waals surface area contributed by atoms with E-state index < -0.39 is 0 Å². The van der Waals surface area contributed by atoms with Crippen molar-refractivity contribution in [2.45, 2.75) is 32.6 Å². The van der Waals surface area contributed by atoms with Crippen LogP contribution < -0.4 is 4.90 Å². The first-order valence-electron chi connectivity index (χ1n) is 6.80. The molecule has 19 heavy (non-hydrogen) atoms. The van der Waals surface area contributed by atoms with Crippen LogP contribution in [0.1, 0.15) is 32.6 Å². The van der Waals surface area contributed by atoms with Crippen molar-refractivity contribution in [1.82, 2.24) is 9.97 Å². The molecule has 0 radical (unpaired) electrons. The third-order valence-electron chi connectivity index (χ3n) is 3.68. The zero-order chi connectivity index (χ0) is 13.7. The normalized spacial score (nSPS) is 22.5. The molecule has 1 fully saturated rings. The fourth-order valence-electron chi connectivity index (χ4n) is 2.67. The van der Waals surface area contributed by atoms with Gasteiger partial charge in [-0.2, -0.15) is 0 Å². The predicted molar refractivity (Wildman–Crippen MR) is 81.9 cm³/mol. The van der Waals surface area contributed by atoms with Crippen LogP contribution in [0.15, 0.2) is 16.9 Å². The van der Waals surface area contributed by atoms with Gasteiger partial charge in [0.2, 0.25) is 5.95 Å². The summed E-state index contributed by atoms with van der Waals surface area (Å²) in [6.45, 7) is 2.97. The maximum absolute atomic E-state index is 4.33. The van der Waals surface area contributed by atoms with E-state index in [1.165, 1.54) is 25.7 Å². The van der Waals surface area contributed by atoms with Crippen molar-refractivity contribution < 1.29 is 0 Å². The van der Waals surface area contributed by atoms with Gasteiger partial charge in [-0.15, -0.1) is 11.8 Å². The fourth-order valence-corrected chi connectivity index (χ4v) is 2.87.